The van der Waals surface area contributed by atoms with Gasteiger partial charge in [-0.15, -0.1) is 0 Å². The average molecular weight is 222 g/mol. The van der Waals surface area contributed by atoms with Crippen LogP contribution in [0.3, 0.4) is 0 Å². The molecule has 1 saturated heterocycles. The average Bonchev–Trinajstić information content (AvgIpc) is 2.74. The molecule has 1 aromatic carbocycles. The monoisotopic (exact) mass is 222 g/mol. The second-order valence-electron chi connectivity index (χ2n) is 3.91. The minimum atomic E-state index is -0.832. The van der Waals surface area contributed by atoms with Gasteiger partial charge in [0.05, 0.1) is 6.61 Å². The van der Waals surface area contributed by atoms with Crippen molar-refractivity contribution in [3.63, 3.8) is 0 Å². The highest BCUT2D eigenvalue weighted by Gasteiger charge is 2.30. The van der Waals surface area contributed by atoms with E-state index in [1.54, 1.807) is 0 Å². The Kier molecular flexibility index (Phi) is 3.43. The lowest BCUT2D eigenvalue weighted by atomic mass is 10.1. The summed E-state index contributed by atoms with van der Waals surface area (Å²) >= 11 is 0. The Morgan fingerprint density at radius 1 is 1.50 bits per heavy atom. The van der Waals surface area contributed by atoms with E-state index < -0.39 is 5.85 Å². The van der Waals surface area contributed by atoms with Gasteiger partial charge >= 0.3 is 0 Å². The van der Waals surface area contributed by atoms with E-state index in [2.05, 4.69) is 18.3 Å². The molecule has 1 aliphatic rings. The van der Waals surface area contributed by atoms with E-state index >= 15 is 0 Å². The lowest BCUT2D eigenvalue weighted by molar-refractivity contribution is -0.0391. The van der Waals surface area contributed by atoms with Crippen molar-refractivity contribution in [1.82, 2.24) is 5.32 Å². The van der Waals surface area contributed by atoms with Crippen LogP contribution in [0.1, 0.15) is 12.5 Å². The summed E-state index contributed by atoms with van der Waals surface area (Å²) in [6, 6.07) is 7.98. The molecule has 0 bridgehead atoms. The van der Waals surface area contributed by atoms with E-state index in [9.17, 15) is 0 Å². The van der Waals surface area contributed by atoms with Gasteiger partial charge in [0.2, 0.25) is 5.85 Å². The summed E-state index contributed by atoms with van der Waals surface area (Å²) in [6.07, 6.45) is 0.946. The maximum Gasteiger partial charge on any atom is 0.207 e. The van der Waals surface area contributed by atoms with E-state index in [1.165, 1.54) is 5.56 Å². The zero-order chi connectivity index (χ0) is 11.4. The Morgan fingerprint density at radius 3 is 3.00 bits per heavy atom. The van der Waals surface area contributed by atoms with Crippen molar-refractivity contribution in [2.24, 2.45) is 5.73 Å². The zero-order valence-corrected chi connectivity index (χ0v) is 9.53. The Morgan fingerprint density at radius 2 is 2.31 bits per heavy atom. The molecule has 2 rings (SSSR count). The second kappa shape index (κ2) is 4.82. The van der Waals surface area contributed by atoms with Crippen LogP contribution < -0.4 is 15.8 Å². The van der Waals surface area contributed by atoms with Crippen LogP contribution in [0.5, 0.6) is 5.75 Å². The largest absolute Gasteiger partial charge is 0.487 e. The molecule has 1 heterocycles. The van der Waals surface area contributed by atoms with E-state index in [4.69, 9.17) is 15.2 Å². The molecule has 3 N–H and O–H groups in total. The smallest absolute Gasteiger partial charge is 0.207 e. The molecule has 0 aromatic heterocycles. The van der Waals surface area contributed by atoms with Crippen molar-refractivity contribution in [2.75, 3.05) is 19.8 Å². The third kappa shape index (κ3) is 2.52. The molecule has 0 saturated carbocycles. The molecule has 1 aromatic rings. The van der Waals surface area contributed by atoms with Gasteiger partial charge in [-0.05, 0) is 18.1 Å². The lowest BCUT2D eigenvalue weighted by Gasteiger charge is -2.23. The number of para-hydroxylation sites is 1. The summed E-state index contributed by atoms with van der Waals surface area (Å²) in [5, 5.41) is 3.07. The molecular formula is C12H18N2O2. The van der Waals surface area contributed by atoms with Gasteiger partial charge < -0.3 is 9.47 Å². The van der Waals surface area contributed by atoms with E-state index in [1.807, 2.05) is 18.2 Å². The van der Waals surface area contributed by atoms with Crippen molar-refractivity contribution < 1.29 is 9.47 Å². The van der Waals surface area contributed by atoms with Crippen LogP contribution in [0.15, 0.2) is 24.3 Å². The molecule has 0 aliphatic carbocycles. The first-order valence-corrected chi connectivity index (χ1v) is 5.62. The van der Waals surface area contributed by atoms with E-state index in [0.29, 0.717) is 13.2 Å². The molecule has 1 atom stereocenters. The summed E-state index contributed by atoms with van der Waals surface area (Å²) in [5.74, 6) is 0.0491. The molecule has 0 spiro atoms. The van der Waals surface area contributed by atoms with Crippen LogP contribution in [-0.4, -0.2) is 25.6 Å². The fourth-order valence-electron chi connectivity index (χ4n) is 1.76. The molecule has 1 aliphatic heterocycles. The number of nitrogens with two attached hydrogens (primary N) is 1. The molecule has 1 unspecified atom stereocenters. The standard InChI is InChI=1S/C12H18N2O2/c1-2-10-5-3-4-6-11(10)15-9-12(13)14-7-8-16-12/h3-6,14H,2,7-9,13H2,1H3. The van der Waals surface area contributed by atoms with Crippen molar-refractivity contribution >= 4 is 0 Å². The summed E-state index contributed by atoms with van der Waals surface area (Å²) in [6.45, 7) is 3.83. The van der Waals surface area contributed by atoms with Crippen LogP contribution in [0.25, 0.3) is 0 Å². The Hall–Kier alpha value is -1.10. The van der Waals surface area contributed by atoms with Crippen LogP contribution in [0.2, 0.25) is 0 Å². The van der Waals surface area contributed by atoms with E-state index in [-0.39, 0.29) is 0 Å². The molecule has 0 amide bonds. The van der Waals surface area contributed by atoms with Gasteiger partial charge in [-0.1, -0.05) is 25.1 Å². The van der Waals surface area contributed by atoms with Crippen LogP contribution in [0, 0.1) is 0 Å². The number of hydrogen-bond donors (Lipinski definition) is 2. The Balaban J connectivity index is 1.98. The first-order valence-electron chi connectivity index (χ1n) is 5.62. The Labute approximate surface area is 95.7 Å². The summed E-state index contributed by atoms with van der Waals surface area (Å²) in [7, 11) is 0. The maximum absolute atomic E-state index is 5.94. The first kappa shape index (κ1) is 11.4. The number of benzene rings is 1. The molecule has 4 heteroatoms. The van der Waals surface area contributed by atoms with Crippen molar-refractivity contribution in [2.45, 2.75) is 19.2 Å². The van der Waals surface area contributed by atoms with Gasteiger partial charge in [0.25, 0.3) is 0 Å². The molecule has 88 valence electrons. The number of hydrogen-bond acceptors (Lipinski definition) is 4. The van der Waals surface area contributed by atoms with Gasteiger partial charge in [0.15, 0.2) is 0 Å². The number of nitrogens with one attached hydrogen (secondary N) is 1. The van der Waals surface area contributed by atoms with Gasteiger partial charge in [0.1, 0.15) is 12.4 Å². The normalized spacial score (nSPS) is 24.6. The second-order valence-corrected chi connectivity index (χ2v) is 3.91. The third-order valence-corrected chi connectivity index (χ3v) is 2.68. The minimum absolute atomic E-state index is 0.323. The SMILES string of the molecule is CCc1ccccc1OCC1(N)NCCO1. The van der Waals surface area contributed by atoms with Crippen LogP contribution >= 0.6 is 0 Å². The third-order valence-electron chi connectivity index (χ3n) is 2.68. The van der Waals surface area contributed by atoms with Crippen molar-refractivity contribution in [3.05, 3.63) is 29.8 Å². The van der Waals surface area contributed by atoms with Gasteiger partial charge in [-0.2, -0.15) is 0 Å². The fraction of sp³-hybridized carbons (Fsp3) is 0.500. The highest BCUT2D eigenvalue weighted by Crippen LogP contribution is 2.19. The summed E-state index contributed by atoms with van der Waals surface area (Å²) in [4.78, 5) is 0. The fourth-order valence-corrected chi connectivity index (χ4v) is 1.76. The Bertz CT molecular complexity index is 349. The molecular weight excluding hydrogens is 204 g/mol. The topological polar surface area (TPSA) is 56.5 Å². The quantitative estimate of drug-likeness (QED) is 0.793. The molecule has 16 heavy (non-hydrogen) atoms. The first-order chi connectivity index (χ1) is 7.73. The molecule has 1 fully saturated rings. The maximum atomic E-state index is 5.94. The van der Waals surface area contributed by atoms with Gasteiger partial charge in [-0.3, -0.25) is 11.1 Å². The summed E-state index contributed by atoms with van der Waals surface area (Å²) in [5.41, 5.74) is 7.12. The number of ether oxygens (including phenoxy) is 2. The van der Waals surface area contributed by atoms with Crippen molar-refractivity contribution in [3.8, 4) is 5.75 Å². The van der Waals surface area contributed by atoms with Crippen molar-refractivity contribution in [1.29, 1.82) is 0 Å². The highest BCUT2D eigenvalue weighted by atomic mass is 16.6. The van der Waals surface area contributed by atoms with Gasteiger partial charge in [-0.25, -0.2) is 0 Å². The minimum Gasteiger partial charge on any atom is -0.487 e. The number of rotatable bonds is 4. The predicted molar refractivity (Wildman–Crippen MR) is 62.2 cm³/mol. The van der Waals surface area contributed by atoms with E-state index in [0.717, 1.165) is 18.7 Å². The number of aryl methyl sites for hydroxylation is 1. The van der Waals surface area contributed by atoms with Crippen LogP contribution in [-0.2, 0) is 11.2 Å². The van der Waals surface area contributed by atoms with Gasteiger partial charge in [0, 0.05) is 6.54 Å². The predicted octanol–water partition coefficient (Wildman–Crippen LogP) is 0.860. The lowest BCUT2D eigenvalue weighted by Crippen LogP contribution is -2.55. The zero-order valence-electron chi connectivity index (χ0n) is 9.53. The molecule has 0 radical (unpaired) electrons. The summed E-state index contributed by atoms with van der Waals surface area (Å²) < 4.78 is 11.1. The molecule has 4 nitrogen and oxygen atoms in total. The van der Waals surface area contributed by atoms with Crippen LogP contribution in [0.4, 0.5) is 0 Å². The highest BCUT2D eigenvalue weighted by molar-refractivity contribution is 5.33.